The van der Waals surface area contributed by atoms with Crippen LogP contribution in [-0.4, -0.2) is 32.7 Å². The summed E-state index contributed by atoms with van der Waals surface area (Å²) in [4.78, 5) is 22.9. The fourth-order valence-electron chi connectivity index (χ4n) is 2.96. The van der Waals surface area contributed by atoms with Crippen LogP contribution in [0.25, 0.3) is 0 Å². The number of thioether (sulfide) groups is 1. The Hall–Kier alpha value is -3.40. The largest absolute Gasteiger partial charge is 0.497 e. The Morgan fingerprint density at radius 3 is 2.50 bits per heavy atom. The molecule has 9 nitrogen and oxygen atoms in total. The lowest BCUT2D eigenvalue weighted by molar-refractivity contribution is -0.384. The maximum atomic E-state index is 12.5. The van der Waals surface area contributed by atoms with Gasteiger partial charge in [-0.05, 0) is 36.2 Å². The second-order valence-corrected chi connectivity index (χ2v) is 7.97. The zero-order valence-electron chi connectivity index (χ0n) is 18.0. The minimum Gasteiger partial charge on any atom is -0.497 e. The summed E-state index contributed by atoms with van der Waals surface area (Å²) in [5.74, 6) is 1.79. The molecule has 0 spiro atoms. The van der Waals surface area contributed by atoms with Crippen LogP contribution in [0.3, 0.4) is 0 Å². The average Bonchev–Trinajstić information content (AvgIpc) is 3.21. The number of benzene rings is 2. The van der Waals surface area contributed by atoms with Crippen LogP contribution in [-0.2, 0) is 18.8 Å². The number of ether oxygens (including phenoxy) is 1. The van der Waals surface area contributed by atoms with Crippen LogP contribution in [0.15, 0.2) is 53.7 Å². The van der Waals surface area contributed by atoms with Crippen molar-refractivity contribution in [3.63, 3.8) is 0 Å². The van der Waals surface area contributed by atoms with E-state index in [0.29, 0.717) is 22.9 Å². The van der Waals surface area contributed by atoms with E-state index in [2.05, 4.69) is 22.4 Å². The van der Waals surface area contributed by atoms with E-state index >= 15 is 0 Å². The summed E-state index contributed by atoms with van der Waals surface area (Å²) in [5, 5.41) is 23.0. The molecule has 168 valence electrons. The van der Waals surface area contributed by atoms with Crippen LogP contribution < -0.4 is 10.1 Å². The minimum atomic E-state index is -0.412. The number of amides is 1. The van der Waals surface area contributed by atoms with Crippen LogP contribution in [0.4, 0.5) is 5.69 Å². The predicted octanol–water partition coefficient (Wildman–Crippen LogP) is 4.22. The molecule has 0 saturated heterocycles. The van der Waals surface area contributed by atoms with Gasteiger partial charge in [0, 0.05) is 30.0 Å². The molecular formula is C22H25N5O4S. The highest BCUT2D eigenvalue weighted by molar-refractivity contribution is 7.98. The van der Waals surface area contributed by atoms with Gasteiger partial charge in [-0.3, -0.25) is 14.9 Å². The van der Waals surface area contributed by atoms with E-state index < -0.39 is 4.92 Å². The van der Waals surface area contributed by atoms with Crippen LogP contribution in [0, 0.1) is 10.1 Å². The lowest BCUT2D eigenvalue weighted by Crippen LogP contribution is -2.25. The van der Waals surface area contributed by atoms with Gasteiger partial charge in [-0.15, -0.1) is 10.2 Å². The van der Waals surface area contributed by atoms with E-state index in [4.69, 9.17) is 4.74 Å². The van der Waals surface area contributed by atoms with Crippen molar-refractivity contribution in [1.82, 2.24) is 20.1 Å². The van der Waals surface area contributed by atoms with Crippen LogP contribution >= 0.6 is 11.8 Å². The van der Waals surface area contributed by atoms with Gasteiger partial charge in [0.05, 0.1) is 18.6 Å². The summed E-state index contributed by atoms with van der Waals surface area (Å²) in [7, 11) is 1.58. The number of carbonyl (C=O) groups is 1. The lowest BCUT2D eigenvalue weighted by atomic mass is 10.2. The van der Waals surface area contributed by atoms with E-state index in [-0.39, 0.29) is 18.1 Å². The molecule has 0 aliphatic carbocycles. The summed E-state index contributed by atoms with van der Waals surface area (Å²) in [6, 6.07) is 13.4. The van der Waals surface area contributed by atoms with Gasteiger partial charge in [0.15, 0.2) is 11.0 Å². The third-order valence-electron chi connectivity index (χ3n) is 4.80. The number of non-ortho nitro benzene ring substituents is 1. The number of nitro benzene ring substituents is 1. The maximum Gasteiger partial charge on any atom is 0.269 e. The molecular weight excluding hydrogens is 430 g/mol. The summed E-state index contributed by atoms with van der Waals surface area (Å²) < 4.78 is 7.14. The highest BCUT2D eigenvalue weighted by Gasteiger charge is 2.15. The maximum absolute atomic E-state index is 12.5. The molecule has 1 N–H and O–H groups in total. The minimum absolute atomic E-state index is 0.0692. The number of rotatable bonds is 11. The van der Waals surface area contributed by atoms with E-state index in [0.717, 1.165) is 30.1 Å². The number of unbranched alkanes of at least 4 members (excludes halogenated alkanes) is 1. The number of carbonyl (C=O) groups excluding carboxylic acids is 1. The molecule has 0 unspecified atom stereocenters. The summed E-state index contributed by atoms with van der Waals surface area (Å²) in [6.07, 6.45) is 1.98. The monoisotopic (exact) mass is 455 g/mol. The van der Waals surface area contributed by atoms with Crippen LogP contribution in [0.1, 0.15) is 41.5 Å². The van der Waals surface area contributed by atoms with Gasteiger partial charge in [-0.2, -0.15) is 0 Å². The summed E-state index contributed by atoms with van der Waals surface area (Å²) in [5.41, 5.74) is 1.57. The molecule has 0 bridgehead atoms. The second-order valence-electron chi connectivity index (χ2n) is 7.03. The molecule has 2 aromatic carbocycles. The smallest absolute Gasteiger partial charge is 0.269 e. The first-order valence-corrected chi connectivity index (χ1v) is 11.2. The van der Waals surface area contributed by atoms with E-state index in [1.165, 1.54) is 23.9 Å². The van der Waals surface area contributed by atoms with Gasteiger partial charge in [0.1, 0.15) is 5.75 Å². The lowest BCUT2D eigenvalue weighted by Gasteiger charge is -2.11. The molecule has 1 amide bonds. The number of hydrogen-bond acceptors (Lipinski definition) is 7. The zero-order chi connectivity index (χ0) is 22.9. The Kier molecular flexibility index (Phi) is 8.20. The van der Waals surface area contributed by atoms with Gasteiger partial charge in [-0.1, -0.05) is 37.2 Å². The first-order valence-electron chi connectivity index (χ1n) is 10.2. The highest BCUT2D eigenvalue weighted by atomic mass is 32.2. The highest BCUT2D eigenvalue weighted by Crippen LogP contribution is 2.24. The first kappa shape index (κ1) is 23.3. The molecule has 0 aliphatic rings. The van der Waals surface area contributed by atoms with Crippen LogP contribution in [0.2, 0.25) is 0 Å². The number of aromatic nitrogens is 3. The van der Waals surface area contributed by atoms with E-state index in [1.54, 1.807) is 43.5 Å². The van der Waals surface area contributed by atoms with E-state index in [9.17, 15) is 14.9 Å². The molecule has 0 radical (unpaired) electrons. The number of hydrogen-bond donors (Lipinski definition) is 1. The van der Waals surface area contributed by atoms with Gasteiger partial charge >= 0.3 is 0 Å². The first-order chi connectivity index (χ1) is 15.5. The third-order valence-corrected chi connectivity index (χ3v) is 5.84. The van der Waals surface area contributed by atoms with Crippen LogP contribution in [0.5, 0.6) is 5.75 Å². The number of methoxy groups -OCH3 is 1. The van der Waals surface area contributed by atoms with Gasteiger partial charge in [0.25, 0.3) is 11.6 Å². The quantitative estimate of drug-likeness (QED) is 0.262. The van der Waals surface area contributed by atoms with Gasteiger partial charge < -0.3 is 14.6 Å². The SMILES string of the molecule is CCCCn1c(CNC(=O)c2ccc(OC)cc2)nnc1SCc1ccc([N+](=O)[O-])cc1. The Morgan fingerprint density at radius 2 is 1.88 bits per heavy atom. The molecule has 0 saturated carbocycles. The summed E-state index contributed by atoms with van der Waals surface area (Å²) in [6.45, 7) is 3.12. The van der Waals surface area contributed by atoms with Crippen molar-refractivity contribution in [2.45, 2.75) is 43.8 Å². The molecule has 10 heteroatoms. The number of nitro groups is 1. The Labute approximate surface area is 190 Å². The topological polar surface area (TPSA) is 112 Å². The standard InChI is InChI=1S/C22H25N5O4S/c1-3-4-13-26-20(14-23-21(28)17-7-11-19(31-2)12-8-17)24-25-22(26)32-15-16-5-9-18(10-6-16)27(29)30/h5-12H,3-4,13-15H2,1-2H3,(H,23,28). The van der Waals surface area contributed by atoms with Crippen molar-refractivity contribution in [2.24, 2.45) is 0 Å². The van der Waals surface area contributed by atoms with Gasteiger partial charge in [0.2, 0.25) is 0 Å². The van der Waals surface area contributed by atoms with Crippen molar-refractivity contribution in [3.8, 4) is 5.75 Å². The number of nitrogens with one attached hydrogen (secondary N) is 1. The summed E-state index contributed by atoms with van der Waals surface area (Å²) >= 11 is 1.51. The van der Waals surface area contributed by atoms with Crippen molar-refractivity contribution in [1.29, 1.82) is 0 Å². The van der Waals surface area contributed by atoms with Crippen molar-refractivity contribution in [3.05, 3.63) is 75.6 Å². The molecule has 0 aliphatic heterocycles. The molecule has 3 aromatic rings. The Balaban J connectivity index is 1.65. The molecule has 0 atom stereocenters. The fraction of sp³-hybridized carbons (Fsp3) is 0.318. The Morgan fingerprint density at radius 1 is 1.16 bits per heavy atom. The zero-order valence-corrected chi connectivity index (χ0v) is 18.8. The van der Waals surface area contributed by atoms with Crippen molar-refractivity contribution < 1.29 is 14.5 Å². The molecule has 3 rings (SSSR count). The average molecular weight is 456 g/mol. The number of nitrogens with zero attached hydrogens (tertiary/aromatic N) is 4. The molecule has 32 heavy (non-hydrogen) atoms. The van der Waals surface area contributed by atoms with E-state index in [1.807, 2.05) is 4.57 Å². The molecule has 1 heterocycles. The van der Waals surface area contributed by atoms with Crippen molar-refractivity contribution in [2.75, 3.05) is 7.11 Å². The fourth-order valence-corrected chi connectivity index (χ4v) is 3.90. The Bertz CT molecular complexity index is 1050. The second kappa shape index (κ2) is 11.3. The molecule has 0 fully saturated rings. The third kappa shape index (κ3) is 6.07. The normalized spacial score (nSPS) is 10.7. The predicted molar refractivity (Wildman–Crippen MR) is 122 cm³/mol. The van der Waals surface area contributed by atoms with Crippen molar-refractivity contribution >= 4 is 23.4 Å². The molecule has 1 aromatic heterocycles. The van der Waals surface area contributed by atoms with Gasteiger partial charge in [-0.25, -0.2) is 0 Å².